The fourth-order valence-corrected chi connectivity index (χ4v) is 3.95. The highest BCUT2D eigenvalue weighted by Gasteiger charge is 2.21. The molecule has 3 rings (SSSR count). The topological polar surface area (TPSA) is 59.2 Å². The second-order valence-electron chi connectivity index (χ2n) is 4.57. The van der Waals surface area contributed by atoms with Crippen LogP contribution in [0.2, 0.25) is 0 Å². The Morgan fingerprint density at radius 1 is 1.42 bits per heavy atom. The number of thiophene rings is 1. The molecule has 2 aromatic rings. The number of likely N-dealkylation sites (tertiary alicyclic amines) is 1. The lowest BCUT2D eigenvalue weighted by atomic mass is 10.2. The highest BCUT2D eigenvalue weighted by Crippen LogP contribution is 2.33. The molecule has 19 heavy (non-hydrogen) atoms. The maximum absolute atomic E-state index is 12.2. The summed E-state index contributed by atoms with van der Waals surface area (Å²) in [7, 11) is 0. The van der Waals surface area contributed by atoms with E-state index in [2.05, 4.69) is 4.98 Å². The van der Waals surface area contributed by atoms with Crippen molar-refractivity contribution in [2.24, 2.45) is 0 Å². The van der Waals surface area contributed by atoms with E-state index in [-0.39, 0.29) is 5.91 Å². The van der Waals surface area contributed by atoms with E-state index in [4.69, 9.17) is 5.73 Å². The molecule has 0 aromatic carbocycles. The number of nitrogen functional groups attached to an aromatic ring is 1. The molecule has 3 heterocycles. The molecule has 2 aromatic heterocycles. The summed E-state index contributed by atoms with van der Waals surface area (Å²) < 4.78 is 0. The molecule has 0 bridgehead atoms. The molecular weight excluding hydrogens is 278 g/mol. The van der Waals surface area contributed by atoms with Crippen LogP contribution in [0.15, 0.2) is 17.5 Å². The van der Waals surface area contributed by atoms with Crippen LogP contribution >= 0.6 is 22.7 Å². The Labute approximate surface area is 119 Å². The van der Waals surface area contributed by atoms with Gasteiger partial charge in [-0.15, -0.1) is 22.7 Å². The van der Waals surface area contributed by atoms with Gasteiger partial charge in [-0.05, 0) is 24.3 Å². The molecule has 1 amide bonds. The number of nitrogens with zero attached hydrogens (tertiary/aromatic N) is 2. The average Bonchev–Trinajstić information content (AvgIpc) is 3.09. The number of amides is 1. The highest BCUT2D eigenvalue weighted by atomic mass is 32.1. The standard InChI is InChI=1S/C13H15N3OS2/c14-13-15-12(9-4-3-7-18-9)10(19-13)8-11(17)16-5-1-2-6-16/h3-4,7H,1-2,5-6,8H2,(H2,14,15). The van der Waals surface area contributed by atoms with E-state index in [1.165, 1.54) is 11.3 Å². The quantitative estimate of drug-likeness (QED) is 0.946. The van der Waals surface area contributed by atoms with Crippen molar-refractivity contribution >= 4 is 33.7 Å². The van der Waals surface area contributed by atoms with Crippen LogP contribution in [0.25, 0.3) is 10.6 Å². The van der Waals surface area contributed by atoms with E-state index in [0.717, 1.165) is 41.4 Å². The van der Waals surface area contributed by atoms with Crippen LogP contribution in [-0.2, 0) is 11.2 Å². The van der Waals surface area contributed by atoms with Gasteiger partial charge in [-0.25, -0.2) is 4.98 Å². The molecular formula is C13H15N3OS2. The Balaban J connectivity index is 1.82. The van der Waals surface area contributed by atoms with Gasteiger partial charge in [-0.1, -0.05) is 6.07 Å². The predicted octanol–water partition coefficient (Wildman–Crippen LogP) is 2.62. The minimum absolute atomic E-state index is 0.193. The first-order valence-electron chi connectivity index (χ1n) is 6.31. The van der Waals surface area contributed by atoms with Crippen LogP contribution in [0.1, 0.15) is 17.7 Å². The van der Waals surface area contributed by atoms with Gasteiger partial charge >= 0.3 is 0 Å². The Kier molecular flexibility index (Phi) is 3.52. The fourth-order valence-electron chi connectivity index (χ4n) is 2.31. The van der Waals surface area contributed by atoms with Gasteiger partial charge in [-0.2, -0.15) is 0 Å². The van der Waals surface area contributed by atoms with Crippen LogP contribution in [-0.4, -0.2) is 28.9 Å². The first kappa shape index (κ1) is 12.6. The summed E-state index contributed by atoms with van der Waals surface area (Å²) in [6.07, 6.45) is 2.66. The number of anilines is 1. The van der Waals surface area contributed by atoms with Crippen molar-refractivity contribution in [3.8, 4) is 10.6 Å². The van der Waals surface area contributed by atoms with Crippen LogP contribution in [0.3, 0.4) is 0 Å². The van der Waals surface area contributed by atoms with E-state index >= 15 is 0 Å². The number of aromatic nitrogens is 1. The van der Waals surface area contributed by atoms with Gasteiger partial charge in [0.2, 0.25) is 5.91 Å². The molecule has 6 heteroatoms. The van der Waals surface area contributed by atoms with Crippen molar-refractivity contribution in [3.63, 3.8) is 0 Å². The number of carbonyl (C=O) groups is 1. The largest absolute Gasteiger partial charge is 0.375 e. The van der Waals surface area contributed by atoms with Gasteiger partial charge < -0.3 is 10.6 Å². The van der Waals surface area contributed by atoms with Crippen molar-refractivity contribution in [2.75, 3.05) is 18.8 Å². The summed E-state index contributed by atoms with van der Waals surface area (Å²) in [5, 5.41) is 2.55. The van der Waals surface area contributed by atoms with Gasteiger partial charge in [0.25, 0.3) is 0 Å². The molecule has 2 N–H and O–H groups in total. The van der Waals surface area contributed by atoms with Gasteiger partial charge in [0.15, 0.2) is 5.13 Å². The molecule has 4 nitrogen and oxygen atoms in total. The Morgan fingerprint density at radius 2 is 2.21 bits per heavy atom. The summed E-state index contributed by atoms with van der Waals surface area (Å²) in [4.78, 5) is 20.6. The lowest BCUT2D eigenvalue weighted by molar-refractivity contribution is -0.129. The second kappa shape index (κ2) is 5.30. The third-order valence-electron chi connectivity index (χ3n) is 3.24. The zero-order valence-electron chi connectivity index (χ0n) is 10.5. The van der Waals surface area contributed by atoms with Crippen LogP contribution < -0.4 is 5.73 Å². The maximum atomic E-state index is 12.2. The first-order valence-corrected chi connectivity index (χ1v) is 8.00. The molecule has 0 unspecified atom stereocenters. The second-order valence-corrected chi connectivity index (χ2v) is 6.63. The Hall–Kier alpha value is -1.40. The smallest absolute Gasteiger partial charge is 0.227 e. The minimum atomic E-state index is 0.193. The molecule has 0 atom stereocenters. The zero-order valence-corrected chi connectivity index (χ0v) is 12.1. The lowest BCUT2D eigenvalue weighted by Gasteiger charge is -2.14. The summed E-state index contributed by atoms with van der Waals surface area (Å²) in [5.74, 6) is 0.193. The number of rotatable bonds is 3. The van der Waals surface area contributed by atoms with Crippen molar-refractivity contribution in [1.29, 1.82) is 0 Å². The lowest BCUT2D eigenvalue weighted by Crippen LogP contribution is -2.28. The maximum Gasteiger partial charge on any atom is 0.227 e. The Morgan fingerprint density at radius 3 is 2.89 bits per heavy atom. The number of nitrogens with two attached hydrogens (primary N) is 1. The first-order chi connectivity index (χ1) is 9.24. The van der Waals surface area contributed by atoms with Crippen molar-refractivity contribution in [3.05, 3.63) is 22.4 Å². The van der Waals surface area contributed by atoms with E-state index in [1.807, 2.05) is 22.4 Å². The van der Waals surface area contributed by atoms with Crippen LogP contribution in [0.4, 0.5) is 5.13 Å². The molecule has 100 valence electrons. The molecule has 0 saturated carbocycles. The van der Waals surface area contributed by atoms with Gasteiger partial charge in [-0.3, -0.25) is 4.79 Å². The predicted molar refractivity (Wildman–Crippen MR) is 79.4 cm³/mol. The van der Waals surface area contributed by atoms with E-state index < -0.39 is 0 Å². The molecule has 1 aliphatic heterocycles. The van der Waals surface area contributed by atoms with Crippen molar-refractivity contribution in [2.45, 2.75) is 19.3 Å². The number of thiazole rings is 1. The SMILES string of the molecule is Nc1nc(-c2cccs2)c(CC(=O)N2CCCC2)s1. The molecule has 0 spiro atoms. The minimum Gasteiger partial charge on any atom is -0.375 e. The monoisotopic (exact) mass is 293 g/mol. The van der Waals surface area contributed by atoms with Crippen LogP contribution in [0, 0.1) is 0 Å². The fraction of sp³-hybridized carbons (Fsp3) is 0.385. The average molecular weight is 293 g/mol. The Bertz CT molecular complexity index is 571. The molecule has 0 aliphatic carbocycles. The van der Waals surface area contributed by atoms with E-state index in [9.17, 15) is 4.79 Å². The summed E-state index contributed by atoms with van der Waals surface area (Å²) in [5.41, 5.74) is 6.68. The summed E-state index contributed by atoms with van der Waals surface area (Å²) in [6.45, 7) is 1.78. The third-order valence-corrected chi connectivity index (χ3v) is 5.00. The molecule has 1 fully saturated rings. The van der Waals surface area contributed by atoms with Crippen molar-refractivity contribution < 1.29 is 4.79 Å². The molecule has 1 aliphatic rings. The van der Waals surface area contributed by atoms with Crippen molar-refractivity contribution in [1.82, 2.24) is 9.88 Å². The van der Waals surface area contributed by atoms with Gasteiger partial charge in [0.1, 0.15) is 0 Å². The molecule has 1 saturated heterocycles. The highest BCUT2D eigenvalue weighted by molar-refractivity contribution is 7.17. The summed E-state index contributed by atoms with van der Waals surface area (Å²) in [6, 6.07) is 4.00. The number of hydrogen-bond acceptors (Lipinski definition) is 5. The normalized spacial score (nSPS) is 15.1. The zero-order chi connectivity index (χ0) is 13.2. The third kappa shape index (κ3) is 2.64. The van der Waals surface area contributed by atoms with Gasteiger partial charge in [0, 0.05) is 18.0 Å². The number of carbonyl (C=O) groups excluding carboxylic acids is 1. The van der Waals surface area contributed by atoms with E-state index in [0.29, 0.717) is 11.6 Å². The van der Waals surface area contributed by atoms with Gasteiger partial charge in [0.05, 0.1) is 17.0 Å². The van der Waals surface area contributed by atoms with E-state index in [1.54, 1.807) is 11.3 Å². The summed E-state index contributed by atoms with van der Waals surface area (Å²) >= 11 is 3.05. The van der Waals surface area contributed by atoms with Crippen LogP contribution in [0.5, 0.6) is 0 Å². The number of hydrogen-bond donors (Lipinski definition) is 1. The molecule has 0 radical (unpaired) electrons.